The molecule has 3 N–H and O–H groups in total. The van der Waals surface area contributed by atoms with Gasteiger partial charge in [-0.2, -0.15) is 0 Å². The van der Waals surface area contributed by atoms with E-state index in [9.17, 15) is 4.79 Å². The Morgan fingerprint density at radius 3 is 2.59 bits per heavy atom. The molecular formula is C21H35N5O. The van der Waals surface area contributed by atoms with Crippen LogP contribution in [0, 0.1) is 0 Å². The summed E-state index contributed by atoms with van der Waals surface area (Å²) in [5.74, 6) is 0.768. The van der Waals surface area contributed by atoms with Crippen LogP contribution in [0.4, 0.5) is 0 Å². The molecule has 1 aromatic carbocycles. The second-order valence-corrected chi connectivity index (χ2v) is 7.02. The Balaban J connectivity index is 1.70. The fraction of sp³-hybridized carbons (Fsp3) is 0.619. The van der Waals surface area contributed by atoms with Crippen LogP contribution in [0.2, 0.25) is 0 Å². The number of benzene rings is 1. The number of carbonyl (C=O) groups is 1. The van der Waals surface area contributed by atoms with E-state index >= 15 is 0 Å². The molecule has 1 fully saturated rings. The molecule has 0 bridgehead atoms. The van der Waals surface area contributed by atoms with Gasteiger partial charge in [0.05, 0.1) is 0 Å². The summed E-state index contributed by atoms with van der Waals surface area (Å²) in [5, 5.41) is 9.54. The van der Waals surface area contributed by atoms with Crippen molar-refractivity contribution in [2.45, 2.75) is 45.6 Å². The van der Waals surface area contributed by atoms with Crippen LogP contribution in [0.5, 0.6) is 0 Å². The van der Waals surface area contributed by atoms with Crippen LogP contribution < -0.4 is 16.0 Å². The zero-order valence-electron chi connectivity index (χ0n) is 16.9. The minimum Gasteiger partial charge on any atom is -0.356 e. The molecular weight excluding hydrogens is 338 g/mol. The Kier molecular flexibility index (Phi) is 9.69. The van der Waals surface area contributed by atoms with E-state index in [1.165, 1.54) is 38.8 Å². The molecule has 1 aromatic rings. The maximum absolute atomic E-state index is 11.9. The van der Waals surface area contributed by atoms with E-state index in [1.807, 2.05) is 31.2 Å². The number of hydrogen-bond donors (Lipinski definition) is 3. The van der Waals surface area contributed by atoms with Gasteiger partial charge in [0.2, 0.25) is 0 Å². The average Bonchev–Trinajstić information content (AvgIpc) is 2.97. The predicted molar refractivity (Wildman–Crippen MR) is 112 cm³/mol. The smallest absolute Gasteiger partial charge is 0.251 e. The third-order valence-corrected chi connectivity index (χ3v) is 4.85. The fourth-order valence-electron chi connectivity index (χ4n) is 3.36. The van der Waals surface area contributed by atoms with E-state index in [1.54, 1.807) is 7.05 Å². The van der Waals surface area contributed by atoms with Crippen molar-refractivity contribution in [2.75, 3.05) is 39.8 Å². The first kappa shape index (κ1) is 21.2. The lowest BCUT2D eigenvalue weighted by Gasteiger charge is -2.20. The SMILES string of the molecule is CCNC(=O)c1cccc(CNC(=NC)NCCCN2CCCCCC2)c1. The molecule has 0 aromatic heterocycles. The molecule has 1 aliphatic heterocycles. The second kappa shape index (κ2) is 12.3. The Morgan fingerprint density at radius 1 is 1.11 bits per heavy atom. The van der Waals surface area contributed by atoms with Crippen LogP contribution in [0.3, 0.4) is 0 Å². The molecule has 0 atom stereocenters. The minimum absolute atomic E-state index is 0.0321. The highest BCUT2D eigenvalue weighted by Crippen LogP contribution is 2.09. The number of aliphatic imine (C=N–C) groups is 1. The van der Waals surface area contributed by atoms with Gasteiger partial charge in [-0.25, -0.2) is 0 Å². The standard InChI is InChI=1S/C21H35N5O/c1-3-23-20(27)19-11-8-10-18(16-19)17-25-21(22-2)24-12-9-15-26-13-6-4-5-7-14-26/h8,10-11,16H,3-7,9,12-15,17H2,1-2H3,(H,23,27)(H2,22,24,25). The fourth-order valence-corrected chi connectivity index (χ4v) is 3.36. The van der Waals surface area contributed by atoms with Crippen LogP contribution in [0.25, 0.3) is 0 Å². The van der Waals surface area contributed by atoms with Crippen LogP contribution >= 0.6 is 0 Å². The number of likely N-dealkylation sites (tertiary alicyclic amines) is 1. The Hall–Kier alpha value is -2.08. The van der Waals surface area contributed by atoms with Gasteiger partial charge >= 0.3 is 0 Å². The van der Waals surface area contributed by atoms with Gasteiger partial charge < -0.3 is 20.9 Å². The van der Waals surface area contributed by atoms with Crippen molar-refractivity contribution < 1.29 is 4.79 Å². The van der Waals surface area contributed by atoms with Crippen molar-refractivity contribution in [3.63, 3.8) is 0 Å². The average molecular weight is 374 g/mol. The first-order chi connectivity index (χ1) is 13.2. The number of nitrogens with zero attached hydrogens (tertiary/aromatic N) is 2. The molecule has 27 heavy (non-hydrogen) atoms. The second-order valence-electron chi connectivity index (χ2n) is 7.02. The lowest BCUT2D eigenvalue weighted by Crippen LogP contribution is -2.38. The number of guanidine groups is 1. The van der Waals surface area contributed by atoms with Crippen LogP contribution in [0.1, 0.15) is 54.9 Å². The summed E-state index contributed by atoms with van der Waals surface area (Å²) in [4.78, 5) is 18.8. The summed E-state index contributed by atoms with van der Waals surface area (Å²) < 4.78 is 0. The Bertz CT molecular complexity index is 594. The van der Waals surface area contributed by atoms with Crippen LogP contribution in [0.15, 0.2) is 29.3 Å². The van der Waals surface area contributed by atoms with Gasteiger partial charge in [-0.15, -0.1) is 0 Å². The number of amides is 1. The molecule has 0 saturated carbocycles. The Morgan fingerprint density at radius 2 is 1.89 bits per heavy atom. The molecule has 1 amide bonds. The van der Waals surface area contributed by atoms with Crippen molar-refractivity contribution in [2.24, 2.45) is 4.99 Å². The first-order valence-corrected chi connectivity index (χ1v) is 10.3. The molecule has 1 heterocycles. The van der Waals surface area contributed by atoms with Crippen molar-refractivity contribution in [3.8, 4) is 0 Å². The summed E-state index contributed by atoms with van der Waals surface area (Å²) in [6.45, 7) is 7.75. The lowest BCUT2D eigenvalue weighted by atomic mass is 10.1. The molecule has 6 heteroatoms. The van der Waals surface area contributed by atoms with Crippen molar-refractivity contribution in [3.05, 3.63) is 35.4 Å². The van der Waals surface area contributed by atoms with Gasteiger partial charge in [0.25, 0.3) is 5.91 Å². The third kappa shape index (κ3) is 7.99. The number of carbonyl (C=O) groups excluding carboxylic acids is 1. The third-order valence-electron chi connectivity index (χ3n) is 4.85. The van der Waals surface area contributed by atoms with Crippen molar-refractivity contribution in [1.29, 1.82) is 0 Å². The molecule has 0 spiro atoms. The molecule has 1 aliphatic rings. The van der Waals surface area contributed by atoms with Gasteiger partial charge in [0.15, 0.2) is 5.96 Å². The van der Waals surface area contributed by atoms with E-state index in [-0.39, 0.29) is 5.91 Å². The van der Waals surface area contributed by atoms with Crippen LogP contribution in [-0.4, -0.2) is 56.5 Å². The highest BCUT2D eigenvalue weighted by atomic mass is 16.1. The monoisotopic (exact) mass is 373 g/mol. The van der Waals surface area contributed by atoms with Gasteiger partial charge in [0.1, 0.15) is 0 Å². The molecule has 6 nitrogen and oxygen atoms in total. The van der Waals surface area contributed by atoms with Gasteiger partial charge in [-0.1, -0.05) is 25.0 Å². The molecule has 150 valence electrons. The summed E-state index contributed by atoms with van der Waals surface area (Å²) in [7, 11) is 1.79. The van der Waals surface area contributed by atoms with Crippen molar-refractivity contribution >= 4 is 11.9 Å². The lowest BCUT2D eigenvalue weighted by molar-refractivity contribution is 0.0955. The highest BCUT2D eigenvalue weighted by Gasteiger charge is 2.08. The quantitative estimate of drug-likeness (QED) is 0.372. The zero-order valence-corrected chi connectivity index (χ0v) is 16.9. The largest absolute Gasteiger partial charge is 0.356 e. The topological polar surface area (TPSA) is 68.8 Å². The van der Waals surface area contributed by atoms with E-state index < -0.39 is 0 Å². The van der Waals surface area contributed by atoms with E-state index in [0.29, 0.717) is 18.7 Å². The van der Waals surface area contributed by atoms with Crippen LogP contribution in [-0.2, 0) is 6.54 Å². The first-order valence-electron chi connectivity index (χ1n) is 10.3. The predicted octanol–water partition coefficient (Wildman–Crippen LogP) is 2.37. The number of rotatable bonds is 8. The van der Waals surface area contributed by atoms with E-state index in [2.05, 4.69) is 25.8 Å². The summed E-state index contributed by atoms with van der Waals surface area (Å²) in [5.41, 5.74) is 1.75. The summed E-state index contributed by atoms with van der Waals surface area (Å²) >= 11 is 0. The number of hydrogen-bond acceptors (Lipinski definition) is 3. The van der Waals surface area contributed by atoms with Gasteiger partial charge in [-0.3, -0.25) is 9.79 Å². The maximum atomic E-state index is 11.9. The molecule has 0 aliphatic carbocycles. The van der Waals surface area contributed by atoms with Gasteiger partial charge in [-0.05, 0) is 63.5 Å². The van der Waals surface area contributed by atoms with E-state index in [4.69, 9.17) is 0 Å². The van der Waals surface area contributed by atoms with E-state index in [0.717, 1.165) is 31.0 Å². The minimum atomic E-state index is -0.0321. The maximum Gasteiger partial charge on any atom is 0.251 e. The molecule has 2 rings (SSSR count). The molecule has 0 unspecified atom stereocenters. The molecule has 1 saturated heterocycles. The molecule has 0 radical (unpaired) electrons. The highest BCUT2D eigenvalue weighted by molar-refractivity contribution is 5.94. The Labute approximate surface area is 163 Å². The normalized spacial score (nSPS) is 15.9. The summed E-state index contributed by atoms with van der Waals surface area (Å²) in [6.07, 6.45) is 6.56. The summed E-state index contributed by atoms with van der Waals surface area (Å²) in [6, 6.07) is 7.69. The van der Waals surface area contributed by atoms with Gasteiger partial charge in [0, 0.05) is 32.2 Å². The number of nitrogens with one attached hydrogen (secondary N) is 3. The zero-order chi connectivity index (χ0) is 19.3. The van der Waals surface area contributed by atoms with Crippen molar-refractivity contribution in [1.82, 2.24) is 20.9 Å².